The molecule has 0 aliphatic carbocycles. The number of anilines is 1. The maximum Gasteiger partial charge on any atom is 0.321 e. The molecule has 0 radical (unpaired) electrons. The zero-order valence-electron chi connectivity index (χ0n) is 14.5. The van der Waals surface area contributed by atoms with Gasteiger partial charge in [0.1, 0.15) is 11.6 Å². The lowest BCUT2D eigenvalue weighted by Gasteiger charge is -2.28. The molecule has 1 aromatic heterocycles. The van der Waals surface area contributed by atoms with E-state index in [0.29, 0.717) is 47.4 Å². The number of benzene rings is 1. The third kappa shape index (κ3) is 5.01. The van der Waals surface area contributed by atoms with Gasteiger partial charge in [-0.3, -0.25) is 4.98 Å². The molecule has 0 saturated carbocycles. The Hall–Kier alpha value is -2.07. The van der Waals surface area contributed by atoms with Crippen molar-refractivity contribution in [2.75, 3.05) is 18.4 Å². The quantitative estimate of drug-likeness (QED) is 0.644. The number of nitrogens with two attached hydrogens (primary N) is 1. The van der Waals surface area contributed by atoms with Gasteiger partial charge in [-0.15, -0.1) is 0 Å². The number of rotatable bonds is 3. The normalized spacial score (nSPS) is 14.2. The second-order valence-electron chi connectivity index (χ2n) is 6.24. The highest BCUT2D eigenvalue weighted by atomic mass is 127. The van der Waals surface area contributed by atoms with Crippen LogP contribution in [0.4, 0.5) is 19.3 Å². The maximum atomic E-state index is 14.0. The number of aromatic nitrogens is 1. The zero-order valence-corrected chi connectivity index (χ0v) is 16.7. The summed E-state index contributed by atoms with van der Waals surface area (Å²) < 4.78 is 28.5. The van der Waals surface area contributed by atoms with Crippen molar-refractivity contribution >= 4 is 40.4 Å². The molecule has 0 bridgehead atoms. The summed E-state index contributed by atoms with van der Waals surface area (Å²) in [6.07, 6.45) is 4.30. The Morgan fingerprint density at radius 2 is 1.93 bits per heavy atom. The third-order valence-electron chi connectivity index (χ3n) is 4.36. The van der Waals surface area contributed by atoms with E-state index >= 15 is 0 Å². The fourth-order valence-corrected chi connectivity index (χ4v) is 3.45. The summed E-state index contributed by atoms with van der Waals surface area (Å²) in [6.45, 7) is 1.27. The average Bonchev–Trinajstić information content (AvgIpc) is 2.65. The number of urea groups is 1. The summed E-state index contributed by atoms with van der Waals surface area (Å²) in [5.41, 5.74) is 7.79. The largest absolute Gasteiger partial charge is 0.325 e. The number of carbonyl (C=O) groups is 1. The van der Waals surface area contributed by atoms with Crippen molar-refractivity contribution in [3.8, 4) is 0 Å². The van der Waals surface area contributed by atoms with Gasteiger partial charge in [0.05, 0.1) is 5.69 Å². The lowest BCUT2D eigenvalue weighted by Crippen LogP contribution is -2.39. The predicted molar refractivity (Wildman–Crippen MR) is 109 cm³/mol. The van der Waals surface area contributed by atoms with Crippen molar-refractivity contribution in [2.45, 2.75) is 19.4 Å². The summed E-state index contributed by atoms with van der Waals surface area (Å²) >= 11 is 1.88. The molecule has 0 atom stereocenters. The molecule has 8 heteroatoms. The highest BCUT2D eigenvalue weighted by Gasteiger charge is 2.20. The number of nitrogens with one attached hydrogen (secondary N) is 1. The number of piperidine rings is 1. The smallest absolute Gasteiger partial charge is 0.321 e. The fraction of sp³-hybridized carbons (Fsp3) is 0.263. The van der Waals surface area contributed by atoms with Crippen LogP contribution in [0, 0.1) is 15.2 Å². The van der Waals surface area contributed by atoms with Crippen LogP contribution in [0.3, 0.4) is 0 Å². The Kier molecular flexibility index (Phi) is 6.38. The van der Waals surface area contributed by atoms with Crippen LogP contribution in [0.2, 0.25) is 0 Å². The molecule has 3 rings (SSSR count). The van der Waals surface area contributed by atoms with Crippen LogP contribution in [-0.4, -0.2) is 29.0 Å². The summed E-state index contributed by atoms with van der Waals surface area (Å²) in [7, 11) is 0. The van der Waals surface area contributed by atoms with E-state index in [1.807, 2.05) is 22.6 Å². The first-order valence-electron chi connectivity index (χ1n) is 8.51. The van der Waals surface area contributed by atoms with Crippen molar-refractivity contribution in [1.29, 1.82) is 0 Å². The molecule has 27 heavy (non-hydrogen) atoms. The van der Waals surface area contributed by atoms with Crippen LogP contribution in [0.5, 0.6) is 0 Å². The van der Waals surface area contributed by atoms with Gasteiger partial charge >= 0.3 is 6.03 Å². The van der Waals surface area contributed by atoms with Gasteiger partial charge in [-0.05, 0) is 65.8 Å². The molecule has 2 aromatic rings. The Labute approximate surface area is 169 Å². The second kappa shape index (κ2) is 8.75. The van der Waals surface area contributed by atoms with E-state index in [4.69, 9.17) is 5.73 Å². The Morgan fingerprint density at radius 1 is 1.26 bits per heavy atom. The van der Waals surface area contributed by atoms with E-state index in [2.05, 4.69) is 10.3 Å². The number of carbonyl (C=O) groups excluding carboxylic acids is 1. The molecule has 1 aliphatic heterocycles. The Morgan fingerprint density at radius 3 is 2.56 bits per heavy atom. The lowest BCUT2D eigenvalue weighted by atomic mass is 10.0. The minimum atomic E-state index is -0.569. The van der Waals surface area contributed by atoms with Crippen molar-refractivity contribution in [3.05, 3.63) is 62.5 Å². The van der Waals surface area contributed by atoms with Crippen LogP contribution < -0.4 is 11.1 Å². The highest BCUT2D eigenvalue weighted by Crippen LogP contribution is 2.24. The van der Waals surface area contributed by atoms with E-state index in [-0.39, 0.29) is 11.6 Å². The van der Waals surface area contributed by atoms with Gasteiger partial charge in [-0.25, -0.2) is 13.6 Å². The summed E-state index contributed by atoms with van der Waals surface area (Å²) in [4.78, 5) is 18.2. The second-order valence-corrected chi connectivity index (χ2v) is 7.49. The summed E-state index contributed by atoms with van der Waals surface area (Å²) in [5.74, 6) is -1.14. The number of hydrogen-bond donors (Lipinski definition) is 2. The molecule has 1 saturated heterocycles. The van der Waals surface area contributed by atoms with Gasteiger partial charge in [0, 0.05) is 40.7 Å². The highest BCUT2D eigenvalue weighted by molar-refractivity contribution is 14.1. The first-order valence-corrected chi connectivity index (χ1v) is 9.59. The van der Waals surface area contributed by atoms with E-state index in [1.54, 1.807) is 29.3 Å². The van der Waals surface area contributed by atoms with E-state index in [0.717, 1.165) is 5.57 Å². The van der Waals surface area contributed by atoms with Gasteiger partial charge in [0.25, 0.3) is 0 Å². The van der Waals surface area contributed by atoms with Crippen molar-refractivity contribution in [2.24, 2.45) is 5.73 Å². The first-order chi connectivity index (χ1) is 13.0. The average molecular weight is 484 g/mol. The third-order valence-corrected chi connectivity index (χ3v) is 4.98. The molecule has 1 fully saturated rings. The van der Waals surface area contributed by atoms with Crippen LogP contribution in [0.15, 0.2) is 36.0 Å². The summed E-state index contributed by atoms with van der Waals surface area (Å²) in [6, 6.07) is 5.84. The van der Waals surface area contributed by atoms with Crippen LogP contribution in [-0.2, 0) is 6.54 Å². The molecular weight excluding hydrogens is 465 g/mol. The van der Waals surface area contributed by atoms with Crippen LogP contribution in [0.1, 0.15) is 24.1 Å². The molecule has 0 spiro atoms. The molecule has 2 amide bonds. The van der Waals surface area contributed by atoms with E-state index in [9.17, 15) is 13.6 Å². The molecular formula is C19H19F2IN4O. The topological polar surface area (TPSA) is 71.2 Å². The first kappa shape index (κ1) is 19.7. The standard InChI is InChI=1S/C19H19F2IN4O/c20-17-8-13(22)9-18(21)16(17)7-12-2-5-26(6-3-12)19(27)25-14-1-4-24-15(10-14)11-23/h1,4,7-10H,2-3,5-6,11,23H2,(H,24,25,27). The summed E-state index contributed by atoms with van der Waals surface area (Å²) in [5, 5.41) is 2.83. The molecule has 1 aliphatic rings. The minimum Gasteiger partial charge on any atom is -0.325 e. The molecule has 142 valence electrons. The van der Waals surface area contributed by atoms with E-state index in [1.165, 1.54) is 12.1 Å². The Balaban J connectivity index is 1.62. The van der Waals surface area contributed by atoms with Gasteiger partial charge in [-0.2, -0.15) is 0 Å². The predicted octanol–water partition coefficient (Wildman–Crippen LogP) is 4.13. The molecule has 2 heterocycles. The van der Waals surface area contributed by atoms with Gasteiger partial charge in [0.2, 0.25) is 0 Å². The molecule has 5 nitrogen and oxygen atoms in total. The van der Waals surface area contributed by atoms with Crippen molar-refractivity contribution in [3.63, 3.8) is 0 Å². The maximum absolute atomic E-state index is 14.0. The SMILES string of the molecule is NCc1cc(NC(=O)N2CCC(=Cc3c(F)cc(I)cc3F)CC2)ccn1. The lowest BCUT2D eigenvalue weighted by molar-refractivity contribution is 0.208. The van der Waals surface area contributed by atoms with Crippen LogP contribution >= 0.6 is 22.6 Å². The molecule has 3 N–H and O–H groups in total. The van der Waals surface area contributed by atoms with Gasteiger partial charge in [0.15, 0.2) is 0 Å². The number of likely N-dealkylation sites (tertiary alicyclic amines) is 1. The fourth-order valence-electron chi connectivity index (χ4n) is 2.91. The Bertz CT molecular complexity index is 855. The van der Waals surface area contributed by atoms with Crippen molar-refractivity contribution < 1.29 is 13.6 Å². The number of halogens is 3. The monoisotopic (exact) mass is 484 g/mol. The molecule has 0 unspecified atom stereocenters. The minimum absolute atomic E-state index is 0.0191. The van der Waals surface area contributed by atoms with Gasteiger partial charge < -0.3 is 16.0 Å². The number of hydrogen-bond acceptors (Lipinski definition) is 3. The number of amides is 2. The zero-order chi connectivity index (χ0) is 19.4. The van der Waals surface area contributed by atoms with Crippen molar-refractivity contribution in [1.82, 2.24) is 9.88 Å². The number of nitrogens with zero attached hydrogens (tertiary/aromatic N) is 2. The van der Waals surface area contributed by atoms with E-state index < -0.39 is 11.6 Å². The molecule has 1 aromatic carbocycles. The van der Waals surface area contributed by atoms with Gasteiger partial charge in [-0.1, -0.05) is 5.57 Å². The number of pyridine rings is 1. The van der Waals surface area contributed by atoms with Crippen LogP contribution in [0.25, 0.3) is 6.08 Å².